The van der Waals surface area contributed by atoms with E-state index in [1.54, 1.807) is 0 Å². The fraction of sp³-hybridized carbons (Fsp3) is 0.750. The summed E-state index contributed by atoms with van der Waals surface area (Å²) in [4.78, 5) is 21.4. The van der Waals surface area contributed by atoms with Crippen LogP contribution in [-0.4, -0.2) is 29.5 Å². The maximum absolute atomic E-state index is 11.6. The van der Waals surface area contributed by atoms with Crippen LogP contribution in [0.5, 0.6) is 0 Å². The molecule has 0 aromatic carbocycles. The SMILES string of the molecule is CC(=O)CCC(=O)NCCSC(F)(F)F. The second-order valence-electron chi connectivity index (χ2n) is 2.85. The molecule has 0 bridgehead atoms. The highest BCUT2D eigenvalue weighted by Crippen LogP contribution is 2.29. The molecule has 0 spiro atoms. The van der Waals surface area contributed by atoms with Crippen LogP contribution < -0.4 is 5.32 Å². The van der Waals surface area contributed by atoms with Gasteiger partial charge in [0, 0.05) is 25.1 Å². The number of rotatable bonds is 6. The van der Waals surface area contributed by atoms with Gasteiger partial charge in [-0.05, 0) is 18.7 Å². The van der Waals surface area contributed by atoms with E-state index in [1.807, 2.05) is 0 Å². The fourth-order valence-electron chi connectivity index (χ4n) is 0.735. The van der Waals surface area contributed by atoms with Gasteiger partial charge in [-0.3, -0.25) is 4.79 Å². The molecular weight excluding hydrogens is 231 g/mol. The lowest BCUT2D eigenvalue weighted by atomic mass is 10.2. The molecule has 0 rings (SSSR count). The molecule has 0 saturated heterocycles. The number of alkyl halides is 3. The zero-order valence-electron chi connectivity index (χ0n) is 8.19. The van der Waals surface area contributed by atoms with Gasteiger partial charge in [-0.15, -0.1) is 0 Å². The van der Waals surface area contributed by atoms with E-state index in [4.69, 9.17) is 0 Å². The lowest BCUT2D eigenvalue weighted by Gasteiger charge is -2.06. The number of thioether (sulfide) groups is 1. The Morgan fingerprint density at radius 3 is 2.33 bits per heavy atom. The first-order chi connectivity index (χ1) is 6.81. The van der Waals surface area contributed by atoms with Gasteiger partial charge in [0.05, 0.1) is 0 Å². The van der Waals surface area contributed by atoms with Crippen LogP contribution in [-0.2, 0) is 9.59 Å². The normalized spacial score (nSPS) is 11.2. The maximum atomic E-state index is 11.6. The third kappa shape index (κ3) is 11.2. The fourth-order valence-corrected chi connectivity index (χ4v) is 1.17. The summed E-state index contributed by atoms with van der Waals surface area (Å²) in [6.45, 7) is 1.31. The molecule has 0 atom stereocenters. The molecular formula is C8H12F3NO2S. The van der Waals surface area contributed by atoms with Crippen molar-refractivity contribution in [1.29, 1.82) is 0 Å². The topological polar surface area (TPSA) is 46.2 Å². The highest BCUT2D eigenvalue weighted by Gasteiger charge is 2.27. The van der Waals surface area contributed by atoms with Crippen molar-refractivity contribution >= 4 is 23.5 Å². The number of Topliss-reactive ketones (excluding diaryl/α,β-unsaturated/α-hetero) is 1. The Labute approximate surface area is 89.8 Å². The minimum Gasteiger partial charge on any atom is -0.355 e. The summed E-state index contributed by atoms with van der Waals surface area (Å²) in [6.07, 6.45) is 0.157. The van der Waals surface area contributed by atoms with Crippen molar-refractivity contribution in [3.63, 3.8) is 0 Å². The van der Waals surface area contributed by atoms with Crippen molar-refractivity contribution in [1.82, 2.24) is 5.32 Å². The highest BCUT2D eigenvalue weighted by atomic mass is 32.2. The van der Waals surface area contributed by atoms with Crippen molar-refractivity contribution in [3.05, 3.63) is 0 Å². The second-order valence-corrected chi connectivity index (χ2v) is 4.01. The number of hydrogen-bond acceptors (Lipinski definition) is 3. The van der Waals surface area contributed by atoms with Gasteiger partial charge in [0.25, 0.3) is 0 Å². The smallest absolute Gasteiger partial charge is 0.355 e. The van der Waals surface area contributed by atoms with E-state index in [9.17, 15) is 22.8 Å². The van der Waals surface area contributed by atoms with E-state index < -0.39 is 11.4 Å². The molecule has 0 fully saturated rings. The molecule has 1 amide bonds. The third-order valence-corrected chi connectivity index (χ3v) is 2.13. The Morgan fingerprint density at radius 1 is 1.27 bits per heavy atom. The Hall–Kier alpha value is -0.720. The molecule has 0 unspecified atom stereocenters. The number of carbonyl (C=O) groups is 2. The second kappa shape index (κ2) is 6.71. The van der Waals surface area contributed by atoms with Crippen molar-refractivity contribution in [2.45, 2.75) is 25.3 Å². The quantitative estimate of drug-likeness (QED) is 0.722. The molecule has 0 aromatic heterocycles. The van der Waals surface area contributed by atoms with Crippen LogP contribution >= 0.6 is 11.8 Å². The average Bonchev–Trinajstić information content (AvgIpc) is 2.07. The van der Waals surface area contributed by atoms with Crippen molar-refractivity contribution in [3.8, 4) is 0 Å². The molecule has 3 nitrogen and oxygen atoms in total. The first kappa shape index (κ1) is 14.3. The van der Waals surface area contributed by atoms with Gasteiger partial charge in [-0.2, -0.15) is 13.2 Å². The van der Waals surface area contributed by atoms with Gasteiger partial charge in [-0.25, -0.2) is 0 Å². The molecule has 7 heteroatoms. The summed E-state index contributed by atoms with van der Waals surface area (Å²) in [7, 11) is 0. The van der Waals surface area contributed by atoms with Crippen LogP contribution in [0.4, 0.5) is 13.2 Å². The number of halogens is 3. The first-order valence-corrected chi connectivity index (χ1v) is 5.26. The van der Waals surface area contributed by atoms with Crippen molar-refractivity contribution in [2.24, 2.45) is 0 Å². The van der Waals surface area contributed by atoms with Crippen LogP contribution in [0.2, 0.25) is 0 Å². The molecule has 1 N–H and O–H groups in total. The Kier molecular flexibility index (Phi) is 6.38. The number of amides is 1. The zero-order valence-corrected chi connectivity index (χ0v) is 9.00. The summed E-state index contributed by atoms with van der Waals surface area (Å²) in [5.74, 6) is -0.724. The summed E-state index contributed by atoms with van der Waals surface area (Å²) in [5, 5.41) is 2.30. The largest absolute Gasteiger partial charge is 0.441 e. The maximum Gasteiger partial charge on any atom is 0.441 e. The number of nitrogens with one attached hydrogen (secondary N) is 1. The first-order valence-electron chi connectivity index (χ1n) is 4.28. The highest BCUT2D eigenvalue weighted by molar-refractivity contribution is 8.00. The minimum atomic E-state index is -4.26. The molecule has 0 aliphatic rings. The van der Waals surface area contributed by atoms with Gasteiger partial charge in [0.15, 0.2) is 0 Å². The van der Waals surface area contributed by atoms with Crippen LogP contribution in [0, 0.1) is 0 Å². The monoisotopic (exact) mass is 243 g/mol. The van der Waals surface area contributed by atoms with E-state index in [2.05, 4.69) is 5.32 Å². The molecule has 0 aromatic rings. The zero-order chi connectivity index (χ0) is 11.9. The van der Waals surface area contributed by atoms with E-state index in [-0.39, 0.29) is 42.7 Å². The molecule has 0 saturated carbocycles. The van der Waals surface area contributed by atoms with E-state index >= 15 is 0 Å². The summed E-state index contributed by atoms with van der Waals surface area (Å²) >= 11 is -0.182. The standard InChI is InChI=1S/C8H12F3NO2S/c1-6(13)2-3-7(14)12-4-5-15-8(9,10)11/h2-5H2,1H3,(H,12,14). The Bertz CT molecular complexity index is 230. The number of carbonyl (C=O) groups excluding carboxylic acids is 2. The van der Waals surface area contributed by atoms with Crippen LogP contribution in [0.3, 0.4) is 0 Å². The summed E-state index contributed by atoms with van der Waals surface area (Å²) in [5.41, 5.74) is -4.26. The van der Waals surface area contributed by atoms with Gasteiger partial charge < -0.3 is 10.1 Å². The average molecular weight is 243 g/mol. The van der Waals surface area contributed by atoms with Gasteiger partial charge in [0.1, 0.15) is 5.78 Å². The van der Waals surface area contributed by atoms with Crippen LogP contribution in [0.25, 0.3) is 0 Å². The number of ketones is 1. The van der Waals surface area contributed by atoms with Crippen LogP contribution in [0.1, 0.15) is 19.8 Å². The number of hydrogen-bond donors (Lipinski definition) is 1. The molecule has 15 heavy (non-hydrogen) atoms. The Morgan fingerprint density at radius 2 is 1.87 bits per heavy atom. The molecule has 0 aliphatic heterocycles. The Balaban J connectivity index is 3.44. The van der Waals surface area contributed by atoms with Crippen molar-refractivity contribution in [2.75, 3.05) is 12.3 Å². The molecule has 0 aliphatic carbocycles. The van der Waals surface area contributed by atoms with E-state index in [0.717, 1.165) is 0 Å². The van der Waals surface area contributed by atoms with Crippen LogP contribution in [0.15, 0.2) is 0 Å². The van der Waals surface area contributed by atoms with Gasteiger partial charge >= 0.3 is 5.51 Å². The summed E-state index contributed by atoms with van der Waals surface area (Å²) < 4.78 is 34.9. The van der Waals surface area contributed by atoms with Crippen molar-refractivity contribution < 1.29 is 22.8 Å². The molecule has 88 valence electrons. The molecule has 0 radical (unpaired) electrons. The van der Waals surface area contributed by atoms with E-state index in [0.29, 0.717) is 0 Å². The predicted molar refractivity (Wildman–Crippen MR) is 51.4 cm³/mol. The third-order valence-electron chi connectivity index (χ3n) is 1.39. The predicted octanol–water partition coefficient (Wildman–Crippen LogP) is 1.72. The molecule has 0 heterocycles. The van der Waals surface area contributed by atoms with Gasteiger partial charge in [-0.1, -0.05) is 0 Å². The summed E-state index contributed by atoms with van der Waals surface area (Å²) in [6, 6.07) is 0. The lowest BCUT2D eigenvalue weighted by molar-refractivity contribution is -0.124. The minimum absolute atomic E-state index is 0.0337. The van der Waals surface area contributed by atoms with Gasteiger partial charge in [0.2, 0.25) is 5.91 Å². The van der Waals surface area contributed by atoms with E-state index in [1.165, 1.54) is 6.92 Å². The lowest BCUT2D eigenvalue weighted by Crippen LogP contribution is -2.26.